The molecule has 0 N–H and O–H groups in total. The van der Waals surface area contributed by atoms with Gasteiger partial charge in [-0.2, -0.15) is 0 Å². The van der Waals surface area contributed by atoms with Gasteiger partial charge < -0.3 is 4.74 Å². The highest BCUT2D eigenvalue weighted by molar-refractivity contribution is 5.19. The summed E-state index contributed by atoms with van der Waals surface area (Å²) in [7, 11) is 2.00. The van der Waals surface area contributed by atoms with E-state index in [1.54, 1.807) is 0 Å². The first-order chi connectivity index (χ1) is 9.81. The second-order valence-electron chi connectivity index (χ2n) is 6.73. The lowest BCUT2D eigenvalue weighted by molar-refractivity contribution is 0.0440. The van der Waals surface area contributed by atoms with Crippen molar-refractivity contribution >= 4 is 0 Å². The molecule has 4 rings (SSSR count). The first-order valence-electron chi connectivity index (χ1n) is 8.01. The monoisotopic (exact) mass is 276 g/mol. The van der Waals surface area contributed by atoms with Gasteiger partial charge in [-0.25, -0.2) is 0 Å². The Hall–Kier alpha value is -0.940. The molecule has 0 amide bonds. The molecular weight excluding hydrogens is 252 g/mol. The van der Waals surface area contributed by atoms with Crippen molar-refractivity contribution in [1.82, 2.24) is 19.9 Å². The van der Waals surface area contributed by atoms with E-state index in [1.165, 1.54) is 37.9 Å². The van der Waals surface area contributed by atoms with Crippen LogP contribution in [0.1, 0.15) is 43.1 Å². The zero-order valence-corrected chi connectivity index (χ0v) is 12.3. The predicted molar refractivity (Wildman–Crippen MR) is 75.3 cm³/mol. The molecule has 1 aromatic heterocycles. The van der Waals surface area contributed by atoms with Crippen molar-refractivity contribution in [3.8, 4) is 0 Å². The normalized spacial score (nSPS) is 26.8. The molecule has 2 fully saturated rings. The largest absolute Gasteiger partial charge is 0.379 e. The van der Waals surface area contributed by atoms with Gasteiger partial charge in [-0.1, -0.05) is 5.21 Å². The summed E-state index contributed by atoms with van der Waals surface area (Å²) in [6, 6.07) is 0.326. The Balaban J connectivity index is 1.47. The van der Waals surface area contributed by atoms with Crippen molar-refractivity contribution < 1.29 is 4.74 Å². The maximum absolute atomic E-state index is 5.98. The summed E-state index contributed by atoms with van der Waals surface area (Å²) in [5.41, 5.74) is 2.47. The van der Waals surface area contributed by atoms with Crippen LogP contribution >= 0.6 is 0 Å². The molecule has 20 heavy (non-hydrogen) atoms. The van der Waals surface area contributed by atoms with E-state index in [0.717, 1.165) is 43.7 Å². The Bertz CT molecular complexity index is 478. The van der Waals surface area contributed by atoms with Gasteiger partial charge in [0.05, 0.1) is 18.3 Å². The third kappa shape index (κ3) is 2.61. The Morgan fingerprint density at radius 1 is 1.15 bits per heavy atom. The first-order valence-corrected chi connectivity index (χ1v) is 8.01. The number of ether oxygens (including phenoxy) is 1. The van der Waals surface area contributed by atoms with E-state index in [4.69, 9.17) is 4.74 Å². The summed E-state index contributed by atoms with van der Waals surface area (Å²) in [4.78, 5) is 2.58. The Morgan fingerprint density at radius 2 is 1.95 bits per heavy atom. The van der Waals surface area contributed by atoms with Crippen LogP contribution in [0.4, 0.5) is 0 Å². The third-order valence-electron chi connectivity index (χ3n) is 4.88. The van der Waals surface area contributed by atoms with Crippen LogP contribution in [0.15, 0.2) is 0 Å². The quantitative estimate of drug-likeness (QED) is 0.790. The minimum atomic E-state index is 0.326. The van der Waals surface area contributed by atoms with Gasteiger partial charge >= 0.3 is 0 Å². The topological polar surface area (TPSA) is 43.2 Å². The molecule has 110 valence electrons. The molecule has 1 aromatic rings. The average Bonchev–Trinajstić information content (AvgIpc) is 3.34. The average molecular weight is 276 g/mol. The number of rotatable bonds is 6. The van der Waals surface area contributed by atoms with Crippen molar-refractivity contribution in [2.75, 3.05) is 26.3 Å². The Kier molecular flexibility index (Phi) is 3.27. The molecule has 2 aliphatic carbocycles. The summed E-state index contributed by atoms with van der Waals surface area (Å²) >= 11 is 0. The van der Waals surface area contributed by atoms with Crippen LogP contribution in [-0.2, 0) is 18.2 Å². The molecule has 0 radical (unpaired) electrons. The highest BCUT2D eigenvalue weighted by atomic mass is 16.5. The fraction of sp³-hybridized carbons (Fsp3) is 0.867. The lowest BCUT2D eigenvalue weighted by Gasteiger charge is -2.34. The zero-order valence-electron chi connectivity index (χ0n) is 12.3. The molecule has 2 heterocycles. The van der Waals surface area contributed by atoms with Crippen LogP contribution in [0, 0.1) is 11.8 Å². The van der Waals surface area contributed by atoms with E-state index in [2.05, 4.69) is 15.2 Å². The van der Waals surface area contributed by atoms with Gasteiger partial charge in [0.1, 0.15) is 5.69 Å². The van der Waals surface area contributed by atoms with E-state index in [9.17, 15) is 0 Å². The molecular formula is C15H24N4O. The summed E-state index contributed by atoms with van der Waals surface area (Å²) < 4.78 is 7.92. The highest BCUT2D eigenvalue weighted by Crippen LogP contribution is 2.36. The van der Waals surface area contributed by atoms with E-state index < -0.39 is 0 Å². The van der Waals surface area contributed by atoms with E-state index in [-0.39, 0.29) is 0 Å². The van der Waals surface area contributed by atoms with Crippen molar-refractivity contribution in [2.45, 2.75) is 38.1 Å². The smallest absolute Gasteiger partial charge is 0.105 e. The van der Waals surface area contributed by atoms with Crippen molar-refractivity contribution in [2.24, 2.45) is 18.9 Å². The SMILES string of the molecule is Cn1nnc2c1CCN(CC1CC1)[C@@H]2COCC1CC1. The fourth-order valence-electron chi connectivity index (χ4n) is 3.19. The van der Waals surface area contributed by atoms with Crippen LogP contribution in [-0.4, -0.2) is 46.2 Å². The van der Waals surface area contributed by atoms with E-state index in [1.807, 2.05) is 11.7 Å². The summed E-state index contributed by atoms with van der Waals surface area (Å²) in [5.74, 6) is 1.75. The van der Waals surface area contributed by atoms with Gasteiger partial charge in [-0.05, 0) is 37.5 Å². The second-order valence-corrected chi connectivity index (χ2v) is 6.73. The molecule has 0 spiro atoms. The number of hydrogen-bond donors (Lipinski definition) is 0. The van der Waals surface area contributed by atoms with Crippen LogP contribution in [0.25, 0.3) is 0 Å². The number of fused-ring (bicyclic) bond motifs is 1. The van der Waals surface area contributed by atoms with Crippen molar-refractivity contribution in [1.29, 1.82) is 0 Å². The standard InChI is InChI=1S/C15H24N4O/c1-18-13-6-7-19(8-11-2-3-11)14(15(13)16-17-18)10-20-9-12-4-5-12/h11-12,14H,2-10H2,1H3/t14-/m1/s1. The summed E-state index contributed by atoms with van der Waals surface area (Å²) in [6.45, 7) is 4.06. The predicted octanol–water partition coefficient (Wildman–Crippen LogP) is 1.55. The third-order valence-corrected chi connectivity index (χ3v) is 4.88. The highest BCUT2D eigenvalue weighted by Gasteiger charge is 2.35. The van der Waals surface area contributed by atoms with Crippen LogP contribution < -0.4 is 0 Å². The van der Waals surface area contributed by atoms with Gasteiger partial charge in [-0.3, -0.25) is 9.58 Å². The zero-order chi connectivity index (χ0) is 13.5. The summed E-state index contributed by atoms with van der Waals surface area (Å²) in [5, 5.41) is 8.64. The number of aromatic nitrogens is 3. The minimum absolute atomic E-state index is 0.326. The van der Waals surface area contributed by atoms with Gasteiger partial charge in [0, 0.05) is 33.2 Å². The molecule has 1 atom stereocenters. The van der Waals surface area contributed by atoms with E-state index >= 15 is 0 Å². The fourth-order valence-corrected chi connectivity index (χ4v) is 3.19. The molecule has 5 nitrogen and oxygen atoms in total. The number of nitrogens with zero attached hydrogens (tertiary/aromatic N) is 4. The van der Waals surface area contributed by atoms with Gasteiger partial charge in [0.25, 0.3) is 0 Å². The molecule has 0 saturated heterocycles. The lowest BCUT2D eigenvalue weighted by Crippen LogP contribution is -2.39. The second kappa shape index (κ2) is 5.11. The van der Waals surface area contributed by atoms with E-state index in [0.29, 0.717) is 6.04 Å². The minimum Gasteiger partial charge on any atom is -0.379 e. The lowest BCUT2D eigenvalue weighted by atomic mass is 10.0. The number of aryl methyl sites for hydroxylation is 1. The molecule has 0 bridgehead atoms. The Morgan fingerprint density at radius 3 is 2.70 bits per heavy atom. The Labute approximate surface area is 120 Å². The number of hydrogen-bond acceptors (Lipinski definition) is 4. The van der Waals surface area contributed by atoms with Crippen LogP contribution in [0.5, 0.6) is 0 Å². The molecule has 0 unspecified atom stereocenters. The van der Waals surface area contributed by atoms with Gasteiger partial charge in [0.2, 0.25) is 0 Å². The molecule has 5 heteroatoms. The first kappa shape index (κ1) is 12.8. The van der Waals surface area contributed by atoms with Crippen LogP contribution in [0.3, 0.4) is 0 Å². The molecule has 0 aromatic carbocycles. The van der Waals surface area contributed by atoms with Gasteiger partial charge in [-0.15, -0.1) is 5.10 Å². The maximum Gasteiger partial charge on any atom is 0.105 e. The van der Waals surface area contributed by atoms with Gasteiger partial charge in [0.15, 0.2) is 0 Å². The van der Waals surface area contributed by atoms with Crippen molar-refractivity contribution in [3.63, 3.8) is 0 Å². The molecule has 3 aliphatic rings. The van der Waals surface area contributed by atoms with Crippen LogP contribution in [0.2, 0.25) is 0 Å². The maximum atomic E-state index is 5.98. The van der Waals surface area contributed by atoms with Crippen molar-refractivity contribution in [3.05, 3.63) is 11.4 Å². The molecule has 1 aliphatic heterocycles. The summed E-state index contributed by atoms with van der Waals surface area (Å²) in [6.07, 6.45) is 6.59. The molecule has 2 saturated carbocycles.